The minimum atomic E-state index is -0.165. The van der Waals surface area contributed by atoms with Crippen LogP contribution in [0.2, 0.25) is 5.02 Å². The van der Waals surface area contributed by atoms with Crippen molar-refractivity contribution in [2.24, 2.45) is 5.41 Å². The van der Waals surface area contributed by atoms with Crippen molar-refractivity contribution in [2.45, 2.75) is 20.3 Å². The molecule has 2 N–H and O–H groups in total. The quantitative estimate of drug-likeness (QED) is 0.860. The zero-order valence-corrected chi connectivity index (χ0v) is 12.4. The molecule has 0 bridgehead atoms. The van der Waals surface area contributed by atoms with Gasteiger partial charge in [-0.15, -0.1) is 0 Å². The van der Waals surface area contributed by atoms with Gasteiger partial charge >= 0.3 is 0 Å². The second-order valence-electron chi connectivity index (χ2n) is 5.15. The Morgan fingerprint density at radius 1 is 1.45 bits per heavy atom. The topological polar surface area (TPSA) is 63.0 Å². The van der Waals surface area contributed by atoms with Crippen molar-refractivity contribution in [3.8, 4) is 5.69 Å². The molecule has 1 unspecified atom stereocenters. The van der Waals surface area contributed by atoms with Crippen molar-refractivity contribution in [3.05, 3.63) is 35.9 Å². The van der Waals surface area contributed by atoms with Gasteiger partial charge in [0.1, 0.15) is 18.3 Å². The molecule has 1 aromatic heterocycles. The third-order valence-electron chi connectivity index (χ3n) is 3.58. The van der Waals surface area contributed by atoms with E-state index in [-0.39, 0.29) is 12.0 Å². The van der Waals surface area contributed by atoms with Gasteiger partial charge in [0.15, 0.2) is 0 Å². The molecule has 0 saturated carbocycles. The molecule has 0 aliphatic heterocycles. The zero-order chi connectivity index (χ0) is 14.6. The molecule has 6 heteroatoms. The highest BCUT2D eigenvalue weighted by atomic mass is 35.5. The zero-order valence-electron chi connectivity index (χ0n) is 11.7. The van der Waals surface area contributed by atoms with Crippen molar-refractivity contribution in [1.29, 1.82) is 0 Å². The highest BCUT2D eigenvalue weighted by molar-refractivity contribution is 6.33. The van der Waals surface area contributed by atoms with Gasteiger partial charge < -0.3 is 10.4 Å². The molecule has 2 rings (SSSR count). The molecule has 0 aliphatic carbocycles. The first-order chi connectivity index (χ1) is 9.59. The van der Waals surface area contributed by atoms with Crippen LogP contribution in [0, 0.1) is 5.41 Å². The maximum Gasteiger partial charge on any atom is 0.138 e. The summed E-state index contributed by atoms with van der Waals surface area (Å²) < 4.78 is 1.63. The molecular weight excluding hydrogens is 276 g/mol. The van der Waals surface area contributed by atoms with Gasteiger partial charge in [0.05, 0.1) is 17.3 Å². The minimum Gasteiger partial charge on any atom is -0.396 e. The first kappa shape index (κ1) is 14.8. The van der Waals surface area contributed by atoms with Gasteiger partial charge in [0.25, 0.3) is 0 Å². The lowest BCUT2D eigenvalue weighted by atomic mass is 9.88. The third-order valence-corrected chi connectivity index (χ3v) is 3.88. The predicted octanol–water partition coefficient (Wildman–Crippen LogP) is 2.74. The van der Waals surface area contributed by atoms with Crippen molar-refractivity contribution in [1.82, 2.24) is 14.8 Å². The molecule has 108 valence electrons. The van der Waals surface area contributed by atoms with Gasteiger partial charge in [0, 0.05) is 12.0 Å². The molecule has 0 fully saturated rings. The molecule has 0 saturated heterocycles. The molecule has 0 radical (unpaired) electrons. The number of para-hydroxylation sites is 1. The summed E-state index contributed by atoms with van der Waals surface area (Å²) in [7, 11) is 0. The highest BCUT2D eigenvalue weighted by Crippen LogP contribution is 2.29. The highest BCUT2D eigenvalue weighted by Gasteiger charge is 2.21. The van der Waals surface area contributed by atoms with E-state index in [0.29, 0.717) is 11.6 Å². The number of hydrogen-bond donors (Lipinski definition) is 2. The lowest BCUT2D eigenvalue weighted by Gasteiger charge is -2.27. The molecule has 1 atom stereocenters. The summed E-state index contributed by atoms with van der Waals surface area (Å²) in [5.41, 5.74) is 1.47. The molecule has 0 aliphatic rings. The summed E-state index contributed by atoms with van der Waals surface area (Å²) in [4.78, 5) is 3.95. The average Bonchev–Trinajstić information content (AvgIpc) is 2.98. The summed E-state index contributed by atoms with van der Waals surface area (Å²) in [6.45, 7) is 4.89. The summed E-state index contributed by atoms with van der Waals surface area (Å²) in [6, 6.07) is 5.64. The number of benzene rings is 1. The van der Waals surface area contributed by atoms with E-state index in [9.17, 15) is 5.11 Å². The van der Waals surface area contributed by atoms with Crippen molar-refractivity contribution < 1.29 is 5.11 Å². The van der Waals surface area contributed by atoms with E-state index < -0.39 is 0 Å². The van der Waals surface area contributed by atoms with Crippen LogP contribution in [0.4, 0.5) is 5.69 Å². The predicted molar refractivity (Wildman–Crippen MR) is 80.3 cm³/mol. The van der Waals surface area contributed by atoms with Crippen LogP contribution < -0.4 is 5.32 Å². The number of aliphatic hydroxyl groups is 1. The molecule has 2 aromatic rings. The molecule has 1 heterocycles. The fraction of sp³-hybridized carbons (Fsp3) is 0.429. The number of hydrogen-bond acceptors (Lipinski definition) is 4. The Labute approximate surface area is 123 Å². The Balaban J connectivity index is 2.27. The van der Waals surface area contributed by atoms with Gasteiger partial charge in [-0.2, -0.15) is 5.10 Å². The van der Waals surface area contributed by atoms with Crippen LogP contribution in [0.3, 0.4) is 0 Å². The first-order valence-electron chi connectivity index (χ1n) is 6.58. The SMILES string of the molecule is CCC(C)(CO)CNc1cccc(Cl)c1-n1cncn1. The van der Waals surface area contributed by atoms with Crippen LogP contribution in [0.1, 0.15) is 20.3 Å². The Kier molecular flexibility index (Phi) is 4.62. The van der Waals surface area contributed by atoms with Gasteiger partial charge in [-0.3, -0.25) is 0 Å². The van der Waals surface area contributed by atoms with E-state index in [4.69, 9.17) is 11.6 Å². The number of aromatic nitrogens is 3. The van der Waals surface area contributed by atoms with Crippen LogP contribution in [0.15, 0.2) is 30.9 Å². The van der Waals surface area contributed by atoms with Crippen LogP contribution in [-0.4, -0.2) is 33.0 Å². The number of nitrogens with zero attached hydrogens (tertiary/aromatic N) is 3. The summed E-state index contributed by atoms with van der Waals surface area (Å²) in [5, 5.41) is 17.6. The van der Waals surface area contributed by atoms with E-state index in [2.05, 4.69) is 22.3 Å². The van der Waals surface area contributed by atoms with Gasteiger partial charge in [-0.25, -0.2) is 9.67 Å². The Bertz CT molecular complexity index is 552. The second kappa shape index (κ2) is 6.24. The molecule has 1 aromatic carbocycles. The minimum absolute atomic E-state index is 0.135. The van der Waals surface area contributed by atoms with E-state index in [1.54, 1.807) is 11.0 Å². The average molecular weight is 295 g/mol. The lowest BCUT2D eigenvalue weighted by Crippen LogP contribution is -2.29. The van der Waals surface area contributed by atoms with Crippen molar-refractivity contribution >= 4 is 17.3 Å². The number of rotatable bonds is 6. The molecule has 20 heavy (non-hydrogen) atoms. The fourth-order valence-electron chi connectivity index (χ4n) is 1.82. The number of nitrogens with one attached hydrogen (secondary N) is 1. The first-order valence-corrected chi connectivity index (χ1v) is 6.95. The summed E-state index contributed by atoms with van der Waals surface area (Å²) in [5.74, 6) is 0. The van der Waals surface area contributed by atoms with Crippen molar-refractivity contribution in [3.63, 3.8) is 0 Å². The summed E-state index contributed by atoms with van der Waals surface area (Å²) >= 11 is 6.26. The monoisotopic (exact) mass is 294 g/mol. The van der Waals surface area contributed by atoms with Gasteiger partial charge in [-0.05, 0) is 18.6 Å². The lowest BCUT2D eigenvalue weighted by molar-refractivity contribution is 0.149. The second-order valence-corrected chi connectivity index (χ2v) is 5.56. The molecule has 0 amide bonds. The van der Waals surface area contributed by atoms with Gasteiger partial charge in [0.2, 0.25) is 0 Å². The van der Waals surface area contributed by atoms with Crippen LogP contribution in [0.5, 0.6) is 0 Å². The molecule has 5 nitrogen and oxygen atoms in total. The van der Waals surface area contributed by atoms with E-state index in [1.165, 1.54) is 6.33 Å². The Morgan fingerprint density at radius 3 is 2.85 bits per heavy atom. The van der Waals surface area contributed by atoms with E-state index in [1.807, 2.05) is 25.1 Å². The molecule has 0 spiro atoms. The van der Waals surface area contributed by atoms with Gasteiger partial charge in [-0.1, -0.05) is 31.5 Å². The maximum absolute atomic E-state index is 9.48. The fourth-order valence-corrected chi connectivity index (χ4v) is 2.08. The largest absolute Gasteiger partial charge is 0.396 e. The van der Waals surface area contributed by atoms with E-state index in [0.717, 1.165) is 17.8 Å². The number of halogens is 1. The van der Waals surface area contributed by atoms with Crippen molar-refractivity contribution in [2.75, 3.05) is 18.5 Å². The normalized spacial score (nSPS) is 14.0. The third kappa shape index (κ3) is 3.11. The number of aliphatic hydroxyl groups excluding tert-OH is 1. The smallest absolute Gasteiger partial charge is 0.138 e. The standard InChI is InChI=1S/C14H19ClN4O/c1-3-14(2,8-20)7-17-12-6-4-5-11(15)13(12)19-10-16-9-18-19/h4-6,9-10,17,20H,3,7-8H2,1-2H3. The molecular formula is C14H19ClN4O. The maximum atomic E-state index is 9.48. The summed E-state index contributed by atoms with van der Waals surface area (Å²) in [6.07, 6.45) is 3.96. The van der Waals surface area contributed by atoms with E-state index >= 15 is 0 Å². The Morgan fingerprint density at radius 2 is 2.25 bits per heavy atom. The van der Waals surface area contributed by atoms with Crippen LogP contribution >= 0.6 is 11.6 Å². The Hall–Kier alpha value is -1.59. The van der Waals surface area contributed by atoms with Crippen LogP contribution in [-0.2, 0) is 0 Å². The number of anilines is 1. The van der Waals surface area contributed by atoms with Crippen LogP contribution in [0.25, 0.3) is 5.69 Å².